The summed E-state index contributed by atoms with van der Waals surface area (Å²) in [6.07, 6.45) is -0.203. The molecule has 1 aliphatic rings. The molecule has 0 saturated heterocycles. The molecule has 2 aromatic carbocycles. The minimum absolute atomic E-state index is 0.0212. The largest absolute Gasteiger partial charge is 0.506 e. The lowest BCUT2D eigenvalue weighted by Crippen LogP contribution is -2.41. The molecule has 1 aliphatic heterocycles. The molecule has 0 fully saturated rings. The van der Waals surface area contributed by atoms with Crippen molar-refractivity contribution in [1.82, 2.24) is 0 Å². The van der Waals surface area contributed by atoms with E-state index in [9.17, 15) is 25.2 Å². The van der Waals surface area contributed by atoms with Crippen molar-refractivity contribution in [3.63, 3.8) is 0 Å². The third-order valence-corrected chi connectivity index (χ3v) is 5.71. The smallest absolute Gasteiger partial charge is 0.204 e. The Hall–Kier alpha value is -3.23. The van der Waals surface area contributed by atoms with Crippen LogP contribution in [-0.4, -0.2) is 39.2 Å². The van der Waals surface area contributed by atoms with Gasteiger partial charge < -0.3 is 34.3 Å². The summed E-state index contributed by atoms with van der Waals surface area (Å²) in [6, 6.07) is 2.69. The summed E-state index contributed by atoms with van der Waals surface area (Å²) in [5, 5.41) is 42.5. The van der Waals surface area contributed by atoms with Crippen LogP contribution in [0.2, 0.25) is 0 Å². The van der Waals surface area contributed by atoms with Crippen LogP contribution in [0.25, 0.3) is 21.9 Å². The van der Waals surface area contributed by atoms with E-state index in [1.54, 1.807) is 0 Å². The van der Waals surface area contributed by atoms with Gasteiger partial charge in [-0.25, -0.2) is 0 Å². The van der Waals surface area contributed by atoms with E-state index in [0.29, 0.717) is 12.0 Å². The summed E-state index contributed by atoms with van der Waals surface area (Å²) in [5.41, 5.74) is -0.341. The van der Waals surface area contributed by atoms with Crippen molar-refractivity contribution in [3.8, 4) is 23.0 Å². The molecule has 8 nitrogen and oxygen atoms in total. The Morgan fingerprint density at radius 2 is 1.84 bits per heavy atom. The van der Waals surface area contributed by atoms with Gasteiger partial charge in [-0.15, -0.1) is 0 Å². The molecule has 1 aromatic heterocycles. The average Bonchev–Trinajstić information content (AvgIpc) is 3.02. The first-order valence-corrected chi connectivity index (χ1v) is 10.2. The summed E-state index contributed by atoms with van der Waals surface area (Å²) in [6.45, 7) is 6.77. The number of ether oxygens (including phenoxy) is 2. The number of aliphatic hydroxyl groups is 2. The molecule has 0 bridgehead atoms. The first-order chi connectivity index (χ1) is 15.0. The molecule has 2 atom stereocenters. The van der Waals surface area contributed by atoms with Gasteiger partial charge >= 0.3 is 0 Å². The van der Waals surface area contributed by atoms with Crippen molar-refractivity contribution in [2.45, 2.75) is 51.9 Å². The van der Waals surface area contributed by atoms with E-state index in [1.165, 1.54) is 33.1 Å². The van der Waals surface area contributed by atoms with Crippen LogP contribution in [0.15, 0.2) is 33.0 Å². The number of benzene rings is 2. The highest BCUT2D eigenvalue weighted by Crippen LogP contribution is 2.48. The molecule has 0 unspecified atom stereocenters. The van der Waals surface area contributed by atoms with Crippen LogP contribution >= 0.6 is 0 Å². The van der Waals surface area contributed by atoms with E-state index < -0.39 is 29.0 Å². The molecule has 8 heteroatoms. The van der Waals surface area contributed by atoms with E-state index in [2.05, 4.69) is 0 Å². The van der Waals surface area contributed by atoms with Crippen LogP contribution in [0.1, 0.15) is 44.9 Å². The van der Waals surface area contributed by atoms with Crippen molar-refractivity contribution in [1.29, 1.82) is 0 Å². The van der Waals surface area contributed by atoms with Gasteiger partial charge in [0.25, 0.3) is 0 Å². The van der Waals surface area contributed by atoms with Crippen LogP contribution in [0.3, 0.4) is 0 Å². The zero-order chi connectivity index (χ0) is 23.5. The van der Waals surface area contributed by atoms with Crippen LogP contribution in [-0.2, 0) is 6.42 Å². The normalized spacial score (nSPS) is 18.0. The fraction of sp³-hybridized carbons (Fsp3) is 0.375. The standard InChI is InChI=1S/C24H26O8/c1-10(2)6-7-11-16-13(8-12(25)22(11)30-5)31-14-9-15-18(20(27)17(14)19(16)26)21(28)23(32-15)24(3,4)29/h6,8-9,21,23,25,27-29H,7H2,1-5H3/t21-,23+/m1/s1. The number of fused-ring (bicyclic) bond motifs is 3. The molecule has 4 rings (SSSR count). The monoisotopic (exact) mass is 442 g/mol. The predicted octanol–water partition coefficient (Wildman–Crippen LogP) is 3.44. The third-order valence-electron chi connectivity index (χ3n) is 5.71. The molecule has 0 amide bonds. The van der Waals surface area contributed by atoms with Crippen molar-refractivity contribution >= 4 is 21.9 Å². The average molecular weight is 442 g/mol. The minimum atomic E-state index is -1.41. The molecule has 32 heavy (non-hydrogen) atoms. The van der Waals surface area contributed by atoms with Crippen molar-refractivity contribution in [2.24, 2.45) is 0 Å². The number of aromatic hydroxyl groups is 2. The van der Waals surface area contributed by atoms with E-state index in [4.69, 9.17) is 13.9 Å². The lowest BCUT2D eigenvalue weighted by atomic mass is 9.93. The molecule has 0 radical (unpaired) electrons. The second-order valence-corrected chi connectivity index (χ2v) is 8.84. The molecular formula is C24H26O8. The molecule has 0 spiro atoms. The first-order valence-electron chi connectivity index (χ1n) is 10.2. The number of phenols is 2. The SMILES string of the molecule is COc1c(O)cc2oc3cc4c(c(O)c3c(=O)c2c1CC=C(C)C)[C@@H](O)[C@@H](C(C)(C)O)O4. The lowest BCUT2D eigenvalue weighted by Gasteiger charge is -2.27. The number of rotatable bonds is 4. The van der Waals surface area contributed by atoms with E-state index in [0.717, 1.165) is 5.57 Å². The van der Waals surface area contributed by atoms with E-state index in [-0.39, 0.29) is 44.8 Å². The van der Waals surface area contributed by atoms with Crippen LogP contribution in [0, 0.1) is 0 Å². The second kappa shape index (κ2) is 7.43. The quantitative estimate of drug-likeness (QED) is 0.357. The second-order valence-electron chi connectivity index (χ2n) is 8.84. The summed E-state index contributed by atoms with van der Waals surface area (Å²) in [4.78, 5) is 13.6. The Balaban J connectivity index is 2.08. The van der Waals surface area contributed by atoms with Gasteiger partial charge in [-0.05, 0) is 34.1 Å². The third kappa shape index (κ3) is 3.27. The molecule has 4 N–H and O–H groups in total. The van der Waals surface area contributed by atoms with Gasteiger partial charge in [0.15, 0.2) is 17.6 Å². The summed E-state index contributed by atoms with van der Waals surface area (Å²) in [5.74, 6) is -0.390. The maximum Gasteiger partial charge on any atom is 0.204 e. The van der Waals surface area contributed by atoms with E-state index in [1.807, 2.05) is 19.9 Å². The number of allylic oxidation sites excluding steroid dienone is 2. The molecule has 2 heterocycles. The van der Waals surface area contributed by atoms with Gasteiger partial charge in [-0.1, -0.05) is 11.6 Å². The molecule has 0 saturated carbocycles. The molecular weight excluding hydrogens is 416 g/mol. The van der Waals surface area contributed by atoms with Crippen molar-refractivity contribution < 1.29 is 34.3 Å². The Kier molecular flexibility index (Phi) is 5.10. The molecule has 0 aliphatic carbocycles. The van der Waals surface area contributed by atoms with Crippen LogP contribution < -0.4 is 14.9 Å². The van der Waals surface area contributed by atoms with Gasteiger partial charge in [0.1, 0.15) is 34.2 Å². The van der Waals surface area contributed by atoms with Gasteiger partial charge in [0, 0.05) is 17.7 Å². The van der Waals surface area contributed by atoms with Crippen molar-refractivity contribution in [2.75, 3.05) is 7.11 Å². The van der Waals surface area contributed by atoms with Crippen LogP contribution in [0.4, 0.5) is 0 Å². The molecule has 170 valence electrons. The Bertz CT molecular complexity index is 1320. The first kappa shape index (κ1) is 22.0. The van der Waals surface area contributed by atoms with Crippen LogP contribution in [0.5, 0.6) is 23.0 Å². The zero-order valence-electron chi connectivity index (χ0n) is 18.5. The fourth-order valence-corrected chi connectivity index (χ4v) is 4.18. The van der Waals surface area contributed by atoms with Gasteiger partial charge in [-0.2, -0.15) is 0 Å². The molecule has 3 aromatic rings. The highest BCUT2D eigenvalue weighted by Gasteiger charge is 2.45. The lowest BCUT2D eigenvalue weighted by molar-refractivity contribution is -0.0764. The maximum atomic E-state index is 13.6. The summed E-state index contributed by atoms with van der Waals surface area (Å²) < 4.78 is 16.9. The van der Waals surface area contributed by atoms with Crippen molar-refractivity contribution in [3.05, 3.63) is 45.1 Å². The Morgan fingerprint density at radius 3 is 2.44 bits per heavy atom. The number of hydrogen-bond acceptors (Lipinski definition) is 8. The highest BCUT2D eigenvalue weighted by molar-refractivity contribution is 5.98. The van der Waals surface area contributed by atoms with E-state index >= 15 is 0 Å². The maximum absolute atomic E-state index is 13.6. The van der Waals surface area contributed by atoms with Gasteiger partial charge in [-0.3, -0.25) is 4.79 Å². The van der Waals surface area contributed by atoms with Gasteiger partial charge in [0.2, 0.25) is 5.43 Å². The zero-order valence-corrected chi connectivity index (χ0v) is 18.5. The number of aliphatic hydroxyl groups excluding tert-OH is 1. The predicted molar refractivity (Wildman–Crippen MR) is 119 cm³/mol. The van der Waals surface area contributed by atoms with Gasteiger partial charge in [0.05, 0.1) is 23.7 Å². The Morgan fingerprint density at radius 1 is 1.19 bits per heavy atom. The Labute approximate surface area is 183 Å². The number of hydrogen-bond donors (Lipinski definition) is 4. The minimum Gasteiger partial charge on any atom is -0.506 e. The number of phenolic OH excluding ortho intramolecular Hbond substituents is 2. The fourth-order valence-electron chi connectivity index (χ4n) is 4.18. The highest BCUT2D eigenvalue weighted by atomic mass is 16.5. The topological polar surface area (TPSA) is 130 Å². The summed E-state index contributed by atoms with van der Waals surface area (Å²) >= 11 is 0. The summed E-state index contributed by atoms with van der Waals surface area (Å²) in [7, 11) is 1.39. The number of methoxy groups -OCH3 is 1.